The molecule has 4 heteroatoms. The Morgan fingerprint density at radius 1 is 1.31 bits per heavy atom. The maximum absolute atomic E-state index is 8.77. The Bertz CT molecular complexity index is 245. The normalized spacial score (nSPS) is 39.9. The number of hydrogen-bond acceptors (Lipinski definition) is 4. The molecule has 0 amide bonds. The van der Waals surface area contributed by atoms with Gasteiger partial charge in [-0.2, -0.15) is 0 Å². The third-order valence-corrected chi connectivity index (χ3v) is 3.55. The standard InChI is InChI=1S/C12H22O4/c1-10(5-3-4-7-13)12-14-8-6-11(2,16-12)9-15-12/h10,13H,3-9H2,1-2H3. The van der Waals surface area contributed by atoms with Crippen molar-refractivity contribution in [3.63, 3.8) is 0 Å². The van der Waals surface area contributed by atoms with Gasteiger partial charge in [0, 0.05) is 18.9 Å². The van der Waals surface area contributed by atoms with Crippen LogP contribution < -0.4 is 0 Å². The number of aliphatic hydroxyl groups is 1. The summed E-state index contributed by atoms with van der Waals surface area (Å²) in [6.07, 6.45) is 3.67. The highest BCUT2D eigenvalue weighted by molar-refractivity contribution is 4.89. The summed E-state index contributed by atoms with van der Waals surface area (Å²) in [5, 5.41) is 8.77. The zero-order chi connectivity index (χ0) is 11.6. The molecule has 4 nitrogen and oxygen atoms in total. The van der Waals surface area contributed by atoms with Crippen molar-refractivity contribution in [3.8, 4) is 0 Å². The van der Waals surface area contributed by atoms with Crippen molar-refractivity contribution in [2.45, 2.75) is 51.1 Å². The predicted molar refractivity (Wildman–Crippen MR) is 58.8 cm³/mol. The van der Waals surface area contributed by atoms with E-state index in [-0.39, 0.29) is 18.1 Å². The van der Waals surface area contributed by atoms with E-state index in [9.17, 15) is 0 Å². The molecular formula is C12H22O4. The molecule has 1 N–H and O–H groups in total. The number of rotatable bonds is 5. The maximum atomic E-state index is 8.77. The van der Waals surface area contributed by atoms with Crippen molar-refractivity contribution in [2.24, 2.45) is 5.92 Å². The number of ether oxygens (including phenoxy) is 3. The quantitative estimate of drug-likeness (QED) is 0.730. The summed E-state index contributed by atoms with van der Waals surface area (Å²) >= 11 is 0. The Morgan fingerprint density at radius 3 is 2.88 bits per heavy atom. The molecule has 3 atom stereocenters. The summed E-state index contributed by atoms with van der Waals surface area (Å²) in [5.41, 5.74) is -0.163. The highest BCUT2D eigenvalue weighted by atomic mass is 16.9. The van der Waals surface area contributed by atoms with Crippen LogP contribution in [0.3, 0.4) is 0 Å². The van der Waals surface area contributed by atoms with E-state index < -0.39 is 5.97 Å². The fourth-order valence-corrected chi connectivity index (χ4v) is 2.38. The summed E-state index contributed by atoms with van der Waals surface area (Å²) in [5.74, 6) is -0.608. The van der Waals surface area contributed by atoms with Gasteiger partial charge in [0.25, 0.3) is 5.97 Å². The van der Waals surface area contributed by atoms with Crippen molar-refractivity contribution >= 4 is 0 Å². The van der Waals surface area contributed by atoms with Gasteiger partial charge in [-0.1, -0.05) is 13.3 Å². The highest BCUT2D eigenvalue weighted by Gasteiger charge is 2.55. The number of fused-ring (bicyclic) bond motifs is 2. The predicted octanol–water partition coefficient (Wildman–Crippen LogP) is 1.66. The summed E-state index contributed by atoms with van der Waals surface area (Å²) < 4.78 is 17.4. The molecule has 3 unspecified atom stereocenters. The van der Waals surface area contributed by atoms with Gasteiger partial charge in [-0.05, 0) is 19.8 Å². The molecule has 2 heterocycles. The SMILES string of the molecule is CC(CCCCO)C12OCCC(C)(CO1)O2. The van der Waals surface area contributed by atoms with E-state index in [4.69, 9.17) is 19.3 Å². The van der Waals surface area contributed by atoms with Gasteiger partial charge in [0.2, 0.25) is 0 Å². The molecule has 0 aromatic rings. The monoisotopic (exact) mass is 230 g/mol. The fourth-order valence-electron chi connectivity index (χ4n) is 2.38. The lowest BCUT2D eigenvalue weighted by molar-refractivity contribution is -0.389. The average Bonchev–Trinajstić information content (AvgIpc) is 2.50. The number of hydrogen-bond donors (Lipinski definition) is 1. The van der Waals surface area contributed by atoms with Crippen molar-refractivity contribution in [1.29, 1.82) is 0 Å². The van der Waals surface area contributed by atoms with Gasteiger partial charge in [-0.15, -0.1) is 0 Å². The van der Waals surface area contributed by atoms with E-state index in [0.717, 1.165) is 25.7 Å². The number of aliphatic hydroxyl groups excluding tert-OH is 1. The molecule has 2 aliphatic heterocycles. The first-order valence-electron chi connectivity index (χ1n) is 6.19. The molecule has 2 fully saturated rings. The van der Waals surface area contributed by atoms with E-state index in [1.807, 2.05) is 0 Å². The van der Waals surface area contributed by atoms with E-state index in [1.165, 1.54) is 0 Å². The van der Waals surface area contributed by atoms with Crippen molar-refractivity contribution in [3.05, 3.63) is 0 Å². The van der Waals surface area contributed by atoms with Crippen LogP contribution in [0.5, 0.6) is 0 Å². The minimum absolute atomic E-state index is 0.163. The Kier molecular flexibility index (Phi) is 3.54. The molecule has 2 aliphatic rings. The van der Waals surface area contributed by atoms with Crippen molar-refractivity contribution in [1.82, 2.24) is 0 Å². The van der Waals surface area contributed by atoms with Crippen LogP contribution in [0, 0.1) is 5.92 Å². The van der Waals surface area contributed by atoms with Gasteiger partial charge in [0.05, 0.1) is 18.8 Å². The summed E-state index contributed by atoms with van der Waals surface area (Å²) in [6, 6.07) is 0. The second-order valence-corrected chi connectivity index (χ2v) is 5.16. The molecule has 94 valence electrons. The first kappa shape index (κ1) is 12.3. The highest BCUT2D eigenvalue weighted by Crippen LogP contribution is 2.44. The van der Waals surface area contributed by atoms with Crippen LogP contribution in [0.2, 0.25) is 0 Å². The molecule has 0 spiro atoms. The third kappa shape index (κ3) is 2.25. The molecule has 0 aromatic heterocycles. The van der Waals surface area contributed by atoms with Crippen LogP contribution in [0.4, 0.5) is 0 Å². The van der Waals surface area contributed by atoms with Crippen molar-refractivity contribution in [2.75, 3.05) is 19.8 Å². The smallest absolute Gasteiger partial charge is 0.286 e. The molecule has 2 saturated heterocycles. The average molecular weight is 230 g/mol. The summed E-state index contributed by atoms with van der Waals surface area (Å²) in [4.78, 5) is 0. The zero-order valence-electron chi connectivity index (χ0n) is 10.2. The largest absolute Gasteiger partial charge is 0.396 e. The topological polar surface area (TPSA) is 47.9 Å². The lowest BCUT2D eigenvalue weighted by atomic mass is 9.99. The second-order valence-electron chi connectivity index (χ2n) is 5.16. The molecule has 0 radical (unpaired) electrons. The van der Waals surface area contributed by atoms with Gasteiger partial charge in [-0.3, -0.25) is 0 Å². The van der Waals surface area contributed by atoms with Crippen LogP contribution >= 0.6 is 0 Å². The molecule has 2 rings (SSSR count). The second kappa shape index (κ2) is 4.61. The van der Waals surface area contributed by atoms with Gasteiger partial charge < -0.3 is 19.3 Å². The van der Waals surface area contributed by atoms with Crippen LogP contribution in [-0.2, 0) is 14.2 Å². The van der Waals surface area contributed by atoms with Crippen LogP contribution in [0.15, 0.2) is 0 Å². The Morgan fingerprint density at radius 2 is 2.12 bits per heavy atom. The van der Waals surface area contributed by atoms with Crippen LogP contribution in [0.1, 0.15) is 39.5 Å². The Balaban J connectivity index is 1.92. The van der Waals surface area contributed by atoms with Crippen LogP contribution in [0.25, 0.3) is 0 Å². The lowest BCUT2D eigenvalue weighted by Gasteiger charge is -2.39. The van der Waals surface area contributed by atoms with Gasteiger partial charge in [-0.25, -0.2) is 0 Å². The fraction of sp³-hybridized carbons (Fsp3) is 1.00. The number of unbranched alkanes of at least 4 members (excludes halogenated alkanes) is 1. The summed E-state index contributed by atoms with van der Waals surface area (Å²) in [7, 11) is 0. The van der Waals surface area contributed by atoms with Crippen LogP contribution in [-0.4, -0.2) is 36.5 Å². The molecule has 16 heavy (non-hydrogen) atoms. The molecule has 0 aliphatic carbocycles. The minimum atomic E-state index is -0.817. The first-order valence-corrected chi connectivity index (χ1v) is 6.19. The zero-order valence-corrected chi connectivity index (χ0v) is 10.2. The molecule has 0 saturated carbocycles. The molecule has 2 bridgehead atoms. The Labute approximate surface area is 96.9 Å². The first-order chi connectivity index (χ1) is 7.60. The minimum Gasteiger partial charge on any atom is -0.396 e. The molecular weight excluding hydrogens is 208 g/mol. The van der Waals surface area contributed by atoms with Crippen molar-refractivity contribution < 1.29 is 19.3 Å². The van der Waals surface area contributed by atoms with E-state index >= 15 is 0 Å². The van der Waals surface area contributed by atoms with E-state index in [2.05, 4.69) is 13.8 Å². The van der Waals surface area contributed by atoms with Gasteiger partial charge in [0.1, 0.15) is 0 Å². The molecule has 0 aromatic carbocycles. The third-order valence-electron chi connectivity index (χ3n) is 3.55. The van der Waals surface area contributed by atoms with Gasteiger partial charge in [0.15, 0.2) is 0 Å². The van der Waals surface area contributed by atoms with E-state index in [0.29, 0.717) is 13.2 Å². The van der Waals surface area contributed by atoms with Gasteiger partial charge >= 0.3 is 0 Å². The lowest BCUT2D eigenvalue weighted by Crippen LogP contribution is -2.47. The van der Waals surface area contributed by atoms with E-state index in [1.54, 1.807) is 0 Å². The summed E-state index contributed by atoms with van der Waals surface area (Å²) in [6.45, 7) is 5.75. The maximum Gasteiger partial charge on any atom is 0.286 e. The Hall–Kier alpha value is -0.160.